The lowest BCUT2D eigenvalue weighted by Crippen LogP contribution is -2.24. The predicted octanol–water partition coefficient (Wildman–Crippen LogP) is 2.58. The first-order valence-electron chi connectivity index (χ1n) is 8.09. The maximum absolute atomic E-state index is 12.3. The summed E-state index contributed by atoms with van der Waals surface area (Å²) in [6, 6.07) is 10.00. The van der Waals surface area contributed by atoms with Crippen LogP contribution in [0, 0.1) is 16.0 Å². The standard InChI is InChI=1S/C18H17N3O5/c22-16-8-7-14(21(25)26)9-15(16)20-18(24)13-3-1-11(2-4-13)10-19-17(23)12-5-6-12/h1-4,7-9,12,22H,5-6,10H2,(H,19,23)(H,20,24). The number of nitro groups is 1. The maximum atomic E-state index is 12.3. The van der Waals surface area contributed by atoms with Crippen LogP contribution in [0.2, 0.25) is 0 Å². The number of aromatic hydroxyl groups is 1. The molecular weight excluding hydrogens is 338 g/mol. The number of phenols is 1. The molecule has 0 aliphatic heterocycles. The van der Waals surface area contributed by atoms with Crippen molar-refractivity contribution in [3.05, 3.63) is 63.7 Å². The quantitative estimate of drug-likeness (QED) is 0.418. The topological polar surface area (TPSA) is 122 Å². The minimum atomic E-state index is -0.611. The highest BCUT2D eigenvalue weighted by Crippen LogP contribution is 2.29. The summed E-state index contributed by atoms with van der Waals surface area (Å²) in [5.41, 5.74) is 0.909. The second-order valence-corrected chi connectivity index (χ2v) is 6.10. The van der Waals surface area contributed by atoms with Crippen molar-refractivity contribution in [3.63, 3.8) is 0 Å². The van der Waals surface area contributed by atoms with Gasteiger partial charge in [0.25, 0.3) is 11.6 Å². The molecule has 1 saturated carbocycles. The van der Waals surface area contributed by atoms with Gasteiger partial charge in [0.15, 0.2) is 0 Å². The number of nitrogens with zero attached hydrogens (tertiary/aromatic N) is 1. The molecular formula is C18H17N3O5. The van der Waals surface area contributed by atoms with E-state index in [1.807, 2.05) is 0 Å². The Balaban J connectivity index is 1.63. The summed E-state index contributed by atoms with van der Waals surface area (Å²) in [5.74, 6) is -0.576. The molecule has 1 aliphatic rings. The van der Waals surface area contributed by atoms with E-state index in [9.17, 15) is 24.8 Å². The van der Waals surface area contributed by atoms with Crippen LogP contribution in [0.25, 0.3) is 0 Å². The number of rotatable bonds is 6. The number of non-ortho nitro benzene ring substituents is 1. The van der Waals surface area contributed by atoms with Crippen LogP contribution < -0.4 is 10.6 Å². The van der Waals surface area contributed by atoms with E-state index in [4.69, 9.17) is 0 Å². The number of benzene rings is 2. The molecule has 134 valence electrons. The van der Waals surface area contributed by atoms with E-state index in [-0.39, 0.29) is 28.9 Å². The largest absolute Gasteiger partial charge is 0.506 e. The lowest BCUT2D eigenvalue weighted by molar-refractivity contribution is -0.384. The third kappa shape index (κ3) is 4.15. The van der Waals surface area contributed by atoms with Crippen molar-refractivity contribution in [2.24, 2.45) is 5.92 Å². The Morgan fingerprint density at radius 3 is 2.46 bits per heavy atom. The molecule has 3 rings (SSSR count). The minimum absolute atomic E-state index is 0.0371. The van der Waals surface area contributed by atoms with Crippen LogP contribution in [-0.2, 0) is 11.3 Å². The highest BCUT2D eigenvalue weighted by atomic mass is 16.6. The van der Waals surface area contributed by atoms with E-state index in [0.29, 0.717) is 12.1 Å². The van der Waals surface area contributed by atoms with Crippen molar-refractivity contribution < 1.29 is 19.6 Å². The second kappa shape index (κ2) is 7.22. The van der Waals surface area contributed by atoms with Crippen molar-refractivity contribution in [2.75, 3.05) is 5.32 Å². The first-order chi connectivity index (χ1) is 12.4. The molecule has 0 unspecified atom stereocenters. The molecule has 0 bridgehead atoms. The summed E-state index contributed by atoms with van der Waals surface area (Å²) in [6.07, 6.45) is 1.88. The number of carbonyl (C=O) groups excluding carboxylic acids is 2. The fraction of sp³-hybridized carbons (Fsp3) is 0.222. The Hall–Kier alpha value is -3.42. The Morgan fingerprint density at radius 1 is 1.15 bits per heavy atom. The molecule has 1 aliphatic carbocycles. The molecule has 2 aromatic carbocycles. The van der Waals surface area contributed by atoms with Crippen molar-refractivity contribution in [2.45, 2.75) is 19.4 Å². The molecule has 1 fully saturated rings. The monoisotopic (exact) mass is 355 g/mol. The summed E-state index contributed by atoms with van der Waals surface area (Å²) in [7, 11) is 0. The number of nitro benzene ring substituents is 1. The molecule has 0 heterocycles. The van der Waals surface area contributed by atoms with E-state index in [2.05, 4.69) is 10.6 Å². The second-order valence-electron chi connectivity index (χ2n) is 6.10. The van der Waals surface area contributed by atoms with Crippen LogP contribution in [0.5, 0.6) is 5.75 Å². The summed E-state index contributed by atoms with van der Waals surface area (Å²) in [4.78, 5) is 34.1. The third-order valence-electron chi connectivity index (χ3n) is 4.07. The lowest BCUT2D eigenvalue weighted by Gasteiger charge is -2.08. The molecule has 0 saturated heterocycles. The molecule has 8 heteroatoms. The number of hydrogen-bond acceptors (Lipinski definition) is 5. The number of carbonyl (C=O) groups is 2. The number of nitrogens with one attached hydrogen (secondary N) is 2. The smallest absolute Gasteiger partial charge is 0.271 e. The molecule has 0 atom stereocenters. The van der Waals surface area contributed by atoms with Crippen LogP contribution in [0.3, 0.4) is 0 Å². The molecule has 26 heavy (non-hydrogen) atoms. The van der Waals surface area contributed by atoms with Gasteiger partial charge in [-0.15, -0.1) is 0 Å². The molecule has 0 radical (unpaired) electrons. The van der Waals surface area contributed by atoms with Crippen LogP contribution in [-0.4, -0.2) is 21.8 Å². The van der Waals surface area contributed by atoms with Gasteiger partial charge in [0, 0.05) is 30.2 Å². The van der Waals surface area contributed by atoms with Crippen LogP contribution >= 0.6 is 0 Å². The van der Waals surface area contributed by atoms with Gasteiger partial charge in [0.1, 0.15) is 5.75 Å². The van der Waals surface area contributed by atoms with Crippen molar-refractivity contribution in [3.8, 4) is 5.75 Å². The highest BCUT2D eigenvalue weighted by Gasteiger charge is 2.29. The Bertz CT molecular complexity index is 860. The van der Waals surface area contributed by atoms with E-state index in [0.717, 1.165) is 36.6 Å². The molecule has 0 aromatic heterocycles. The van der Waals surface area contributed by atoms with E-state index in [1.54, 1.807) is 24.3 Å². The molecule has 3 N–H and O–H groups in total. The van der Waals surface area contributed by atoms with E-state index in [1.165, 1.54) is 0 Å². The van der Waals surface area contributed by atoms with Crippen molar-refractivity contribution in [1.82, 2.24) is 5.32 Å². The molecule has 0 spiro atoms. The number of anilines is 1. The summed E-state index contributed by atoms with van der Waals surface area (Å²) >= 11 is 0. The van der Waals surface area contributed by atoms with Gasteiger partial charge < -0.3 is 15.7 Å². The zero-order valence-electron chi connectivity index (χ0n) is 13.8. The fourth-order valence-corrected chi connectivity index (χ4v) is 2.39. The van der Waals surface area contributed by atoms with Crippen LogP contribution in [0.4, 0.5) is 11.4 Å². The first-order valence-corrected chi connectivity index (χ1v) is 8.09. The van der Waals surface area contributed by atoms with Crippen molar-refractivity contribution >= 4 is 23.2 Å². The fourth-order valence-electron chi connectivity index (χ4n) is 2.39. The zero-order chi connectivity index (χ0) is 18.7. The molecule has 2 aromatic rings. The van der Waals surface area contributed by atoms with Gasteiger partial charge in [0.05, 0.1) is 10.6 Å². The number of amides is 2. The summed E-state index contributed by atoms with van der Waals surface area (Å²) < 4.78 is 0. The van der Waals surface area contributed by atoms with Gasteiger partial charge >= 0.3 is 0 Å². The number of phenolic OH excluding ortho intramolecular Hbond substituents is 1. The van der Waals surface area contributed by atoms with E-state index < -0.39 is 10.8 Å². The predicted molar refractivity (Wildman–Crippen MR) is 93.7 cm³/mol. The zero-order valence-corrected chi connectivity index (χ0v) is 13.8. The Morgan fingerprint density at radius 2 is 1.85 bits per heavy atom. The van der Waals surface area contributed by atoms with Gasteiger partial charge in [-0.2, -0.15) is 0 Å². The van der Waals surface area contributed by atoms with Gasteiger partial charge in [0.2, 0.25) is 5.91 Å². The minimum Gasteiger partial charge on any atom is -0.506 e. The Labute approximate surface area is 149 Å². The van der Waals surface area contributed by atoms with Gasteiger partial charge in [-0.1, -0.05) is 12.1 Å². The maximum Gasteiger partial charge on any atom is 0.271 e. The average molecular weight is 355 g/mol. The van der Waals surface area contributed by atoms with Gasteiger partial charge in [-0.05, 0) is 36.6 Å². The normalized spacial score (nSPS) is 13.1. The first kappa shape index (κ1) is 17.4. The SMILES string of the molecule is O=C(Nc1cc([N+](=O)[O-])ccc1O)c1ccc(CNC(=O)C2CC2)cc1. The average Bonchev–Trinajstić information content (AvgIpc) is 3.47. The summed E-state index contributed by atoms with van der Waals surface area (Å²) in [6.45, 7) is 0.392. The molecule has 2 amide bonds. The van der Waals surface area contributed by atoms with Crippen LogP contribution in [0.15, 0.2) is 42.5 Å². The van der Waals surface area contributed by atoms with Crippen LogP contribution in [0.1, 0.15) is 28.8 Å². The lowest BCUT2D eigenvalue weighted by atomic mass is 10.1. The highest BCUT2D eigenvalue weighted by molar-refractivity contribution is 6.05. The molecule has 8 nitrogen and oxygen atoms in total. The number of hydrogen-bond donors (Lipinski definition) is 3. The van der Waals surface area contributed by atoms with Gasteiger partial charge in [-0.3, -0.25) is 19.7 Å². The summed E-state index contributed by atoms with van der Waals surface area (Å²) in [5, 5.41) is 25.8. The van der Waals surface area contributed by atoms with Gasteiger partial charge in [-0.25, -0.2) is 0 Å². The third-order valence-corrected chi connectivity index (χ3v) is 4.07. The van der Waals surface area contributed by atoms with Crippen molar-refractivity contribution in [1.29, 1.82) is 0 Å². The van der Waals surface area contributed by atoms with E-state index >= 15 is 0 Å². The Kier molecular flexibility index (Phi) is 4.83.